The predicted octanol–water partition coefficient (Wildman–Crippen LogP) is 2.72. The monoisotopic (exact) mass is 319 g/mol. The average Bonchev–Trinajstić information content (AvgIpc) is 3.25. The molecule has 0 aliphatic rings. The van der Waals surface area contributed by atoms with Crippen LogP contribution < -0.4 is 5.32 Å². The smallest absolute Gasteiger partial charge is 0.284 e. The zero-order valence-corrected chi connectivity index (χ0v) is 12.5. The van der Waals surface area contributed by atoms with Gasteiger partial charge in [0.25, 0.3) is 11.1 Å². The molecule has 8 heteroatoms. The Labute approximate surface area is 130 Å². The second-order valence-electron chi connectivity index (χ2n) is 4.41. The van der Waals surface area contributed by atoms with E-state index in [2.05, 4.69) is 15.5 Å². The predicted molar refractivity (Wildman–Crippen MR) is 77.9 cm³/mol. The number of hydrogen-bond donors (Lipinski definition) is 1. The van der Waals surface area contributed by atoms with Crippen molar-refractivity contribution in [2.24, 2.45) is 0 Å². The highest BCUT2D eigenvalue weighted by molar-refractivity contribution is 8.00. The lowest BCUT2D eigenvalue weighted by Gasteiger charge is -2.08. The first-order valence-corrected chi connectivity index (χ1v) is 7.44. The highest BCUT2D eigenvalue weighted by Gasteiger charge is 2.19. The van der Waals surface area contributed by atoms with Crippen molar-refractivity contribution in [1.29, 1.82) is 0 Å². The van der Waals surface area contributed by atoms with E-state index in [0.29, 0.717) is 23.3 Å². The second-order valence-corrected chi connectivity index (χ2v) is 5.70. The molecule has 0 aromatic carbocycles. The third-order valence-corrected chi connectivity index (χ3v) is 3.74. The molecule has 3 aromatic heterocycles. The van der Waals surface area contributed by atoms with Gasteiger partial charge in [0.1, 0.15) is 5.76 Å². The van der Waals surface area contributed by atoms with E-state index in [1.807, 2.05) is 0 Å². The largest absolute Gasteiger partial charge is 0.467 e. The molecule has 1 unspecified atom stereocenters. The van der Waals surface area contributed by atoms with Gasteiger partial charge in [-0.1, -0.05) is 11.8 Å². The van der Waals surface area contributed by atoms with Gasteiger partial charge in [0.05, 0.1) is 24.3 Å². The lowest BCUT2D eigenvalue weighted by Crippen LogP contribution is -2.30. The van der Waals surface area contributed by atoms with Gasteiger partial charge >= 0.3 is 0 Å². The molecule has 1 amide bonds. The number of furan rings is 2. The van der Waals surface area contributed by atoms with E-state index in [4.69, 9.17) is 13.3 Å². The topological polar surface area (TPSA) is 94.3 Å². The molecule has 114 valence electrons. The fraction of sp³-hybridized carbons (Fsp3) is 0.214. The summed E-state index contributed by atoms with van der Waals surface area (Å²) < 4.78 is 15.8. The minimum absolute atomic E-state index is 0.140. The molecular weight excluding hydrogens is 306 g/mol. The maximum Gasteiger partial charge on any atom is 0.284 e. The summed E-state index contributed by atoms with van der Waals surface area (Å²) >= 11 is 1.18. The molecule has 22 heavy (non-hydrogen) atoms. The zero-order chi connectivity index (χ0) is 15.4. The van der Waals surface area contributed by atoms with Gasteiger partial charge in [-0.25, -0.2) is 0 Å². The fourth-order valence-corrected chi connectivity index (χ4v) is 2.40. The Balaban J connectivity index is 1.54. The van der Waals surface area contributed by atoms with E-state index in [-0.39, 0.29) is 17.0 Å². The molecule has 0 spiro atoms. The number of nitrogens with zero attached hydrogens (tertiary/aromatic N) is 2. The van der Waals surface area contributed by atoms with E-state index < -0.39 is 0 Å². The van der Waals surface area contributed by atoms with E-state index >= 15 is 0 Å². The van der Waals surface area contributed by atoms with Crippen LogP contribution >= 0.6 is 11.8 Å². The SMILES string of the molecule is CC(Sc1nnc(-c2ccco2)o1)C(=O)NCc1ccco1. The van der Waals surface area contributed by atoms with Crippen molar-refractivity contribution in [3.05, 3.63) is 42.6 Å². The van der Waals surface area contributed by atoms with Crippen molar-refractivity contribution in [1.82, 2.24) is 15.5 Å². The molecule has 3 aromatic rings. The molecule has 0 aliphatic carbocycles. The van der Waals surface area contributed by atoms with Crippen LogP contribution in [0.1, 0.15) is 12.7 Å². The maximum absolute atomic E-state index is 12.0. The molecular formula is C14H13N3O4S. The van der Waals surface area contributed by atoms with Crippen LogP contribution in [0.25, 0.3) is 11.7 Å². The van der Waals surface area contributed by atoms with E-state index in [1.54, 1.807) is 37.5 Å². The standard InChI is InChI=1S/C14H13N3O4S/c1-9(12(18)15-8-10-4-2-6-19-10)22-14-17-16-13(21-14)11-5-3-7-20-11/h2-7,9H,8H2,1H3,(H,15,18). The Morgan fingerprint density at radius 1 is 1.27 bits per heavy atom. The Hall–Kier alpha value is -2.48. The first kappa shape index (κ1) is 14.5. The molecule has 0 saturated heterocycles. The van der Waals surface area contributed by atoms with Gasteiger partial charge in [-0.15, -0.1) is 10.2 Å². The van der Waals surface area contributed by atoms with Crippen molar-refractivity contribution in [3.63, 3.8) is 0 Å². The van der Waals surface area contributed by atoms with Gasteiger partial charge < -0.3 is 18.6 Å². The number of hydrogen-bond acceptors (Lipinski definition) is 7. The summed E-state index contributed by atoms with van der Waals surface area (Å²) in [5.41, 5.74) is 0. The normalized spacial score (nSPS) is 12.2. The molecule has 0 fully saturated rings. The number of aromatic nitrogens is 2. The van der Waals surface area contributed by atoms with Gasteiger partial charge in [0.2, 0.25) is 5.91 Å². The first-order chi connectivity index (χ1) is 10.7. The summed E-state index contributed by atoms with van der Waals surface area (Å²) in [6.07, 6.45) is 3.09. The Bertz CT molecular complexity index is 721. The van der Waals surface area contributed by atoms with Gasteiger partial charge in [-0.3, -0.25) is 4.79 Å². The van der Waals surface area contributed by atoms with Crippen LogP contribution in [0.5, 0.6) is 0 Å². The molecule has 3 rings (SSSR count). The van der Waals surface area contributed by atoms with Crippen LogP contribution in [-0.4, -0.2) is 21.4 Å². The highest BCUT2D eigenvalue weighted by Crippen LogP contribution is 2.26. The fourth-order valence-electron chi connectivity index (χ4n) is 1.69. The average molecular weight is 319 g/mol. The molecule has 1 atom stereocenters. The van der Waals surface area contributed by atoms with Crippen LogP contribution in [0, 0.1) is 0 Å². The molecule has 0 saturated carbocycles. The highest BCUT2D eigenvalue weighted by atomic mass is 32.2. The van der Waals surface area contributed by atoms with Gasteiger partial charge in [0.15, 0.2) is 5.76 Å². The van der Waals surface area contributed by atoms with Crippen molar-refractivity contribution in [3.8, 4) is 11.7 Å². The number of carbonyl (C=O) groups excluding carboxylic acids is 1. The van der Waals surface area contributed by atoms with E-state index in [1.165, 1.54) is 18.0 Å². The second kappa shape index (κ2) is 6.52. The number of carbonyl (C=O) groups is 1. The molecule has 1 N–H and O–H groups in total. The van der Waals surface area contributed by atoms with Gasteiger partial charge in [0, 0.05) is 0 Å². The minimum atomic E-state index is -0.375. The maximum atomic E-state index is 12.0. The Morgan fingerprint density at radius 3 is 2.82 bits per heavy atom. The number of amides is 1. The van der Waals surface area contributed by atoms with Crippen molar-refractivity contribution >= 4 is 17.7 Å². The number of nitrogens with one attached hydrogen (secondary N) is 1. The molecule has 7 nitrogen and oxygen atoms in total. The van der Waals surface area contributed by atoms with Crippen LogP contribution in [0.15, 0.2) is 55.3 Å². The molecule has 0 aliphatic heterocycles. The Kier molecular flexibility index (Phi) is 4.29. The van der Waals surface area contributed by atoms with Crippen molar-refractivity contribution in [2.75, 3.05) is 0 Å². The summed E-state index contributed by atoms with van der Waals surface area (Å²) in [6, 6.07) is 7.03. The van der Waals surface area contributed by atoms with Crippen LogP contribution in [-0.2, 0) is 11.3 Å². The summed E-state index contributed by atoms with van der Waals surface area (Å²) in [6.45, 7) is 2.11. The first-order valence-electron chi connectivity index (χ1n) is 6.56. The minimum Gasteiger partial charge on any atom is -0.467 e. The molecule has 0 bridgehead atoms. The summed E-state index contributed by atoms with van der Waals surface area (Å²) in [5.74, 6) is 1.34. The quantitative estimate of drug-likeness (QED) is 0.698. The third-order valence-electron chi connectivity index (χ3n) is 2.80. The van der Waals surface area contributed by atoms with E-state index in [0.717, 1.165) is 0 Å². The summed E-state index contributed by atoms with van der Waals surface area (Å²) in [4.78, 5) is 12.0. The lowest BCUT2D eigenvalue weighted by atomic mass is 10.4. The van der Waals surface area contributed by atoms with Gasteiger partial charge in [-0.2, -0.15) is 0 Å². The Morgan fingerprint density at radius 2 is 2.09 bits per heavy atom. The molecule has 0 radical (unpaired) electrons. The van der Waals surface area contributed by atoms with Crippen LogP contribution in [0.4, 0.5) is 0 Å². The summed E-state index contributed by atoms with van der Waals surface area (Å²) in [5, 5.41) is 10.5. The van der Waals surface area contributed by atoms with Crippen LogP contribution in [0.3, 0.4) is 0 Å². The van der Waals surface area contributed by atoms with Crippen LogP contribution in [0.2, 0.25) is 0 Å². The van der Waals surface area contributed by atoms with Crippen molar-refractivity contribution < 1.29 is 18.0 Å². The van der Waals surface area contributed by atoms with Crippen molar-refractivity contribution in [2.45, 2.75) is 23.9 Å². The van der Waals surface area contributed by atoms with Gasteiger partial charge in [-0.05, 0) is 31.2 Å². The number of thioether (sulfide) groups is 1. The lowest BCUT2D eigenvalue weighted by molar-refractivity contribution is -0.120. The zero-order valence-electron chi connectivity index (χ0n) is 11.7. The summed E-state index contributed by atoms with van der Waals surface area (Å²) in [7, 11) is 0. The van der Waals surface area contributed by atoms with E-state index in [9.17, 15) is 4.79 Å². The third kappa shape index (κ3) is 3.40. The molecule has 3 heterocycles. The number of rotatable bonds is 6.